The fourth-order valence-corrected chi connectivity index (χ4v) is 6.21. The summed E-state index contributed by atoms with van der Waals surface area (Å²) in [5.41, 5.74) is 5.78. The third kappa shape index (κ3) is 5.58. The van der Waals surface area contributed by atoms with E-state index in [-0.39, 0.29) is 11.6 Å². The zero-order chi connectivity index (χ0) is 27.6. The van der Waals surface area contributed by atoms with E-state index in [0.717, 1.165) is 55.4 Å². The zero-order valence-corrected chi connectivity index (χ0v) is 23.1. The molecule has 2 fully saturated rings. The Morgan fingerprint density at radius 3 is 2.49 bits per heavy atom. The second-order valence-corrected chi connectivity index (χ2v) is 11.2. The van der Waals surface area contributed by atoms with E-state index in [9.17, 15) is 4.79 Å². The van der Waals surface area contributed by atoms with Crippen molar-refractivity contribution in [3.8, 4) is 11.5 Å². The molecule has 2 aromatic heterocycles. The lowest BCUT2D eigenvalue weighted by atomic mass is 9.94. The second kappa shape index (κ2) is 11.4. The van der Waals surface area contributed by atoms with E-state index in [1.54, 1.807) is 0 Å². The van der Waals surface area contributed by atoms with Gasteiger partial charge in [0.25, 0.3) is 5.91 Å². The number of benzene rings is 3. The Hall–Kier alpha value is -4.14. The van der Waals surface area contributed by atoms with Crippen LogP contribution >= 0.6 is 0 Å². The van der Waals surface area contributed by atoms with E-state index in [2.05, 4.69) is 37.2 Å². The van der Waals surface area contributed by atoms with Gasteiger partial charge in [0.05, 0.1) is 28.5 Å². The highest BCUT2D eigenvalue weighted by atomic mass is 16.3. The molecule has 3 aromatic carbocycles. The monoisotopic (exact) mass is 546 g/mol. The number of anilines is 1. The summed E-state index contributed by atoms with van der Waals surface area (Å²) in [5.74, 6) is 0.136. The average Bonchev–Trinajstić information content (AvgIpc) is 3.45. The molecule has 1 N–H and O–H groups in total. The Labute approximate surface area is 239 Å². The summed E-state index contributed by atoms with van der Waals surface area (Å²) in [6, 6.07) is 22.1. The van der Waals surface area contributed by atoms with Crippen molar-refractivity contribution in [2.24, 2.45) is 0 Å². The summed E-state index contributed by atoms with van der Waals surface area (Å²) in [6.45, 7) is 5.44. The first-order chi connectivity index (χ1) is 20.2. The van der Waals surface area contributed by atoms with Gasteiger partial charge in [0.15, 0.2) is 5.58 Å². The van der Waals surface area contributed by atoms with Gasteiger partial charge >= 0.3 is 0 Å². The minimum absolute atomic E-state index is 0.250. The molecule has 8 heteroatoms. The van der Waals surface area contributed by atoms with E-state index < -0.39 is 0 Å². The molecule has 5 aromatic rings. The highest BCUT2D eigenvalue weighted by Crippen LogP contribution is 2.31. The smallest absolute Gasteiger partial charge is 0.275 e. The lowest BCUT2D eigenvalue weighted by Gasteiger charge is -2.40. The number of aromatic nitrogens is 3. The number of nitrogens with one attached hydrogen (secondary N) is 1. The van der Waals surface area contributed by atoms with Gasteiger partial charge in [0.1, 0.15) is 11.2 Å². The summed E-state index contributed by atoms with van der Waals surface area (Å²) in [4.78, 5) is 32.0. The number of hydrogen-bond acceptors (Lipinski definition) is 7. The maximum absolute atomic E-state index is 13.1. The molecule has 1 amide bonds. The fraction of sp³-hybridized carbons (Fsp3) is 0.333. The lowest BCUT2D eigenvalue weighted by Crippen LogP contribution is -2.50. The Bertz CT molecular complexity index is 1680. The molecule has 0 atom stereocenters. The maximum atomic E-state index is 13.1. The lowest BCUT2D eigenvalue weighted by molar-refractivity contribution is 0.0755. The van der Waals surface area contributed by atoms with Crippen molar-refractivity contribution in [2.75, 3.05) is 31.5 Å². The number of hydrogen-bond donors (Lipinski definition) is 1. The zero-order valence-electron chi connectivity index (χ0n) is 23.1. The molecule has 2 aliphatic rings. The largest absolute Gasteiger partial charge is 0.436 e. The van der Waals surface area contributed by atoms with Crippen molar-refractivity contribution < 1.29 is 9.21 Å². The van der Waals surface area contributed by atoms with Gasteiger partial charge in [-0.3, -0.25) is 19.6 Å². The Kier molecular flexibility index (Phi) is 7.17. The summed E-state index contributed by atoms with van der Waals surface area (Å²) in [7, 11) is 0. The summed E-state index contributed by atoms with van der Waals surface area (Å²) < 4.78 is 6.16. The van der Waals surface area contributed by atoms with Crippen molar-refractivity contribution in [3.05, 3.63) is 84.2 Å². The Morgan fingerprint density at radius 2 is 1.63 bits per heavy atom. The van der Waals surface area contributed by atoms with Gasteiger partial charge in [-0.15, -0.1) is 0 Å². The van der Waals surface area contributed by atoms with Crippen molar-refractivity contribution in [2.45, 2.75) is 44.7 Å². The molecule has 7 rings (SSSR count). The molecule has 41 heavy (non-hydrogen) atoms. The number of carbonyl (C=O) groups excluding carboxylic acids is 1. The van der Waals surface area contributed by atoms with Crippen molar-refractivity contribution >= 4 is 33.7 Å². The number of nitrogens with zero attached hydrogens (tertiary/aromatic N) is 5. The molecular formula is C33H34N6O2. The third-order valence-corrected chi connectivity index (χ3v) is 8.44. The summed E-state index contributed by atoms with van der Waals surface area (Å²) in [6.07, 6.45) is 8.42. The van der Waals surface area contributed by atoms with E-state index in [1.807, 2.05) is 54.6 Å². The van der Waals surface area contributed by atoms with Crippen molar-refractivity contribution in [1.29, 1.82) is 0 Å². The molecule has 0 unspecified atom stereocenters. The predicted molar refractivity (Wildman–Crippen MR) is 161 cm³/mol. The topological polar surface area (TPSA) is 87.4 Å². The van der Waals surface area contributed by atoms with E-state index in [4.69, 9.17) is 9.40 Å². The number of rotatable bonds is 6. The number of para-hydroxylation sites is 3. The van der Waals surface area contributed by atoms with Gasteiger partial charge in [0.2, 0.25) is 5.89 Å². The van der Waals surface area contributed by atoms with Crippen molar-refractivity contribution in [3.63, 3.8) is 0 Å². The van der Waals surface area contributed by atoms with Gasteiger partial charge in [-0.2, -0.15) is 0 Å². The molecule has 1 aliphatic carbocycles. The van der Waals surface area contributed by atoms with Crippen LogP contribution in [0.25, 0.3) is 33.6 Å². The number of carbonyl (C=O) groups is 1. The molecule has 1 saturated heterocycles. The molecule has 0 bridgehead atoms. The quantitative estimate of drug-likeness (QED) is 0.274. The van der Waals surface area contributed by atoms with Crippen LogP contribution in [-0.2, 0) is 6.54 Å². The van der Waals surface area contributed by atoms with Gasteiger partial charge in [-0.25, -0.2) is 9.97 Å². The standard InChI is InChI=1S/C33H34N6O2/c40-32(30-21-34-27-12-6-7-13-28(27)35-30)36-26-11-5-4-10-25(26)33-37-29-20-23(14-15-31(29)41-33)22-38-16-18-39(19-17-38)24-8-2-1-3-9-24/h4-7,10-15,20-21,24H,1-3,8-9,16-19,22H2,(H,36,40). The van der Waals surface area contributed by atoms with Crippen molar-refractivity contribution in [1.82, 2.24) is 24.8 Å². The third-order valence-electron chi connectivity index (χ3n) is 8.44. The number of amides is 1. The Morgan fingerprint density at radius 1 is 0.854 bits per heavy atom. The maximum Gasteiger partial charge on any atom is 0.275 e. The first-order valence-electron chi connectivity index (χ1n) is 14.7. The minimum Gasteiger partial charge on any atom is -0.436 e. The molecule has 208 valence electrons. The molecule has 1 saturated carbocycles. The van der Waals surface area contributed by atoms with Crippen LogP contribution in [-0.4, -0.2) is 62.9 Å². The molecular weight excluding hydrogens is 512 g/mol. The van der Waals surface area contributed by atoms with E-state index in [0.29, 0.717) is 22.7 Å². The normalized spacial score (nSPS) is 17.3. The minimum atomic E-state index is -0.335. The molecule has 0 radical (unpaired) electrons. The number of oxazole rings is 1. The highest BCUT2D eigenvalue weighted by Gasteiger charge is 2.25. The van der Waals surface area contributed by atoms with Crippen LogP contribution in [0.5, 0.6) is 0 Å². The summed E-state index contributed by atoms with van der Waals surface area (Å²) in [5, 5.41) is 2.97. The predicted octanol–water partition coefficient (Wildman–Crippen LogP) is 6.14. The number of piperazine rings is 1. The first-order valence-corrected chi connectivity index (χ1v) is 14.7. The number of fused-ring (bicyclic) bond motifs is 2. The van der Waals surface area contributed by atoms with Crippen LogP contribution in [0.3, 0.4) is 0 Å². The Balaban J connectivity index is 1.05. The first kappa shape index (κ1) is 25.8. The van der Waals surface area contributed by atoms with Crippen LogP contribution in [0.4, 0.5) is 5.69 Å². The highest BCUT2D eigenvalue weighted by molar-refractivity contribution is 6.05. The molecule has 0 spiro atoms. The van der Waals surface area contributed by atoms with Gasteiger partial charge in [0, 0.05) is 38.8 Å². The molecule has 1 aliphatic heterocycles. The van der Waals surface area contributed by atoms with Crippen LogP contribution in [0.2, 0.25) is 0 Å². The van der Waals surface area contributed by atoms with E-state index in [1.165, 1.54) is 43.9 Å². The molecule has 8 nitrogen and oxygen atoms in total. The fourth-order valence-electron chi connectivity index (χ4n) is 6.21. The van der Waals surface area contributed by atoms with Crippen LogP contribution in [0, 0.1) is 0 Å². The van der Waals surface area contributed by atoms with Gasteiger partial charge in [-0.05, 0) is 54.8 Å². The van der Waals surface area contributed by atoms with Crippen LogP contribution < -0.4 is 5.32 Å². The SMILES string of the molecule is O=C(Nc1ccccc1-c1nc2cc(CN3CCN(C4CCCCC4)CC3)ccc2o1)c1cnc2ccccc2n1. The molecule has 3 heterocycles. The van der Waals surface area contributed by atoms with E-state index >= 15 is 0 Å². The van der Waals surface area contributed by atoms with Gasteiger partial charge in [-0.1, -0.05) is 49.6 Å². The van der Waals surface area contributed by atoms with Gasteiger partial charge < -0.3 is 9.73 Å². The average molecular weight is 547 g/mol. The van der Waals surface area contributed by atoms with Crippen LogP contribution in [0.1, 0.15) is 48.2 Å². The second-order valence-electron chi connectivity index (χ2n) is 11.2. The summed E-state index contributed by atoms with van der Waals surface area (Å²) >= 11 is 0. The van der Waals surface area contributed by atoms with Crippen LogP contribution in [0.15, 0.2) is 77.3 Å².